The summed E-state index contributed by atoms with van der Waals surface area (Å²) in [5.74, 6) is 0.767. The number of benzene rings is 5. The molecule has 8 heteroatoms. The number of hydrogen-bond donors (Lipinski definition) is 1. The van der Waals surface area contributed by atoms with Crippen molar-refractivity contribution in [3.8, 4) is 11.5 Å². The number of carbonyl (C=O) groups excluding carboxylic acids is 1. The van der Waals surface area contributed by atoms with Crippen LogP contribution in [0.5, 0.6) is 11.5 Å². The summed E-state index contributed by atoms with van der Waals surface area (Å²) in [5.41, 5.74) is 2.86. The lowest BCUT2D eigenvalue weighted by atomic mass is 10.1. The van der Waals surface area contributed by atoms with E-state index < -0.39 is 15.9 Å². The Balaban J connectivity index is 1.41. The number of anilines is 2. The van der Waals surface area contributed by atoms with Gasteiger partial charge in [0.25, 0.3) is 15.9 Å². The molecule has 0 fully saturated rings. The van der Waals surface area contributed by atoms with Crippen LogP contribution in [0.25, 0.3) is 0 Å². The average molecular weight is 579 g/mol. The zero-order valence-corrected chi connectivity index (χ0v) is 23.8. The Morgan fingerprint density at radius 3 is 1.90 bits per heavy atom. The minimum Gasteiger partial charge on any atom is -0.497 e. The largest absolute Gasteiger partial charge is 0.497 e. The fourth-order valence-corrected chi connectivity index (χ4v) is 5.85. The van der Waals surface area contributed by atoms with Gasteiger partial charge in [-0.2, -0.15) is 0 Å². The number of carbonyl (C=O) groups is 1. The summed E-state index contributed by atoms with van der Waals surface area (Å²) < 4.78 is 40.3. The molecule has 0 aliphatic rings. The number of amides is 1. The maximum absolute atomic E-state index is 14.0. The van der Waals surface area contributed by atoms with Gasteiger partial charge >= 0.3 is 0 Å². The lowest BCUT2D eigenvalue weighted by Gasteiger charge is -2.26. The van der Waals surface area contributed by atoms with Gasteiger partial charge < -0.3 is 14.8 Å². The smallest absolute Gasteiger partial charge is 0.264 e. The van der Waals surface area contributed by atoms with Crippen molar-refractivity contribution in [2.45, 2.75) is 18.0 Å². The second-order valence-electron chi connectivity index (χ2n) is 9.44. The molecular weight excluding hydrogens is 548 g/mol. The third-order valence-electron chi connectivity index (χ3n) is 6.59. The summed E-state index contributed by atoms with van der Waals surface area (Å²) in [6.45, 7) is 0.465. The van der Waals surface area contributed by atoms with Crippen molar-refractivity contribution in [1.82, 2.24) is 0 Å². The molecule has 0 saturated carbocycles. The molecule has 0 aliphatic carbocycles. The van der Waals surface area contributed by atoms with Crippen molar-refractivity contribution in [3.05, 3.63) is 150 Å². The fraction of sp³-hybridized carbons (Fsp3) is 0.0882. The van der Waals surface area contributed by atoms with Crippen LogP contribution in [0.2, 0.25) is 0 Å². The zero-order valence-electron chi connectivity index (χ0n) is 23.0. The van der Waals surface area contributed by atoms with Crippen LogP contribution in [-0.4, -0.2) is 21.4 Å². The Hall–Kier alpha value is -5.08. The molecule has 0 unspecified atom stereocenters. The summed E-state index contributed by atoms with van der Waals surface area (Å²) in [4.78, 5) is 13.6. The molecule has 1 N–H and O–H groups in total. The molecule has 42 heavy (non-hydrogen) atoms. The van der Waals surface area contributed by atoms with Gasteiger partial charge in [0.15, 0.2) is 0 Å². The fourth-order valence-electron chi connectivity index (χ4n) is 4.38. The lowest BCUT2D eigenvalue weighted by Crippen LogP contribution is -2.32. The van der Waals surface area contributed by atoms with Crippen molar-refractivity contribution in [2.75, 3.05) is 16.7 Å². The molecule has 0 spiro atoms. The van der Waals surface area contributed by atoms with Crippen LogP contribution in [-0.2, 0) is 23.2 Å². The van der Waals surface area contributed by atoms with Gasteiger partial charge in [0.2, 0.25) is 0 Å². The van der Waals surface area contributed by atoms with E-state index in [1.54, 1.807) is 60.7 Å². The van der Waals surface area contributed by atoms with Crippen molar-refractivity contribution >= 4 is 27.3 Å². The van der Waals surface area contributed by atoms with Gasteiger partial charge in [-0.05, 0) is 71.8 Å². The topological polar surface area (TPSA) is 84.9 Å². The third-order valence-corrected chi connectivity index (χ3v) is 8.37. The Kier molecular flexibility index (Phi) is 8.84. The highest BCUT2D eigenvalue weighted by atomic mass is 32.2. The molecule has 0 heterocycles. The third kappa shape index (κ3) is 6.79. The number of ether oxygens (including phenoxy) is 2. The Morgan fingerprint density at radius 1 is 0.690 bits per heavy atom. The first kappa shape index (κ1) is 28.4. The SMILES string of the molecule is COc1ccc(S(=O)(=O)N(Cc2ccccc2)c2ccccc2C(=O)Nc2ccc(OCc3ccccc3)cc2)cc1. The van der Waals surface area contributed by atoms with Crippen LogP contribution in [0, 0.1) is 0 Å². The second-order valence-corrected chi connectivity index (χ2v) is 11.3. The van der Waals surface area contributed by atoms with E-state index in [4.69, 9.17) is 9.47 Å². The molecule has 212 valence electrons. The van der Waals surface area contributed by atoms with Crippen LogP contribution in [0.4, 0.5) is 11.4 Å². The summed E-state index contributed by atoms with van der Waals surface area (Å²) in [5, 5.41) is 2.89. The Bertz CT molecular complexity index is 1730. The van der Waals surface area contributed by atoms with Crippen LogP contribution >= 0.6 is 0 Å². The summed E-state index contributed by atoms with van der Waals surface area (Å²) >= 11 is 0. The number of hydrogen-bond acceptors (Lipinski definition) is 5. The van der Waals surface area contributed by atoms with Gasteiger partial charge in [-0.1, -0.05) is 72.8 Å². The molecular formula is C34H30N2O5S. The van der Waals surface area contributed by atoms with E-state index in [1.807, 2.05) is 60.7 Å². The van der Waals surface area contributed by atoms with Crippen LogP contribution in [0.1, 0.15) is 21.5 Å². The van der Waals surface area contributed by atoms with Crippen molar-refractivity contribution in [3.63, 3.8) is 0 Å². The number of sulfonamides is 1. The van der Waals surface area contributed by atoms with E-state index in [2.05, 4.69) is 5.32 Å². The maximum Gasteiger partial charge on any atom is 0.264 e. The molecule has 0 saturated heterocycles. The van der Waals surface area contributed by atoms with E-state index in [0.717, 1.165) is 11.1 Å². The van der Waals surface area contributed by atoms with Gasteiger partial charge in [0, 0.05) is 5.69 Å². The second kappa shape index (κ2) is 13.1. The maximum atomic E-state index is 14.0. The van der Waals surface area contributed by atoms with Crippen LogP contribution in [0.3, 0.4) is 0 Å². The predicted octanol–water partition coefficient (Wildman–Crippen LogP) is 6.92. The highest BCUT2D eigenvalue weighted by Crippen LogP contribution is 2.31. The number of nitrogens with one attached hydrogen (secondary N) is 1. The number of rotatable bonds is 11. The molecule has 0 aliphatic heterocycles. The summed E-state index contributed by atoms with van der Waals surface area (Å²) in [6, 6.07) is 39.0. The standard InChI is InChI=1S/C34H30N2O5S/c1-40-29-20-22-31(23-21-29)42(38,39)36(24-26-10-4-2-5-11-26)33-15-9-8-14-32(33)34(37)35-28-16-18-30(19-17-28)41-25-27-12-6-3-7-13-27/h2-23H,24-25H2,1H3,(H,35,37). The van der Waals surface area contributed by atoms with E-state index in [-0.39, 0.29) is 22.7 Å². The molecule has 5 aromatic carbocycles. The molecule has 1 amide bonds. The highest BCUT2D eigenvalue weighted by molar-refractivity contribution is 7.92. The average Bonchev–Trinajstić information content (AvgIpc) is 3.04. The number of para-hydroxylation sites is 1. The van der Waals surface area contributed by atoms with Crippen LogP contribution < -0.4 is 19.1 Å². The van der Waals surface area contributed by atoms with E-state index in [0.29, 0.717) is 23.8 Å². The molecule has 5 aromatic rings. The van der Waals surface area contributed by atoms with Crippen molar-refractivity contribution in [1.29, 1.82) is 0 Å². The first-order chi connectivity index (χ1) is 20.4. The number of nitrogens with zero attached hydrogens (tertiary/aromatic N) is 1. The van der Waals surface area contributed by atoms with Gasteiger partial charge in [-0.3, -0.25) is 9.10 Å². The van der Waals surface area contributed by atoms with Gasteiger partial charge in [-0.25, -0.2) is 8.42 Å². The summed E-state index contributed by atoms with van der Waals surface area (Å²) in [7, 11) is -2.54. The molecule has 0 radical (unpaired) electrons. The van der Waals surface area contributed by atoms with Crippen LogP contribution in [0.15, 0.2) is 138 Å². The minimum absolute atomic E-state index is 0.0347. The minimum atomic E-state index is -4.06. The highest BCUT2D eigenvalue weighted by Gasteiger charge is 2.28. The van der Waals surface area contributed by atoms with Gasteiger partial charge in [-0.15, -0.1) is 0 Å². The molecule has 0 aromatic heterocycles. The number of methoxy groups -OCH3 is 1. The first-order valence-corrected chi connectivity index (χ1v) is 14.8. The predicted molar refractivity (Wildman–Crippen MR) is 164 cm³/mol. The Morgan fingerprint density at radius 2 is 1.26 bits per heavy atom. The lowest BCUT2D eigenvalue weighted by molar-refractivity contribution is 0.102. The molecule has 7 nitrogen and oxygen atoms in total. The van der Waals surface area contributed by atoms with E-state index >= 15 is 0 Å². The molecule has 0 atom stereocenters. The zero-order chi connectivity index (χ0) is 29.4. The van der Waals surface area contributed by atoms with E-state index in [1.165, 1.54) is 23.5 Å². The van der Waals surface area contributed by atoms with Gasteiger partial charge in [0.05, 0.1) is 29.8 Å². The Labute approximate surface area is 246 Å². The van der Waals surface area contributed by atoms with Gasteiger partial charge in [0.1, 0.15) is 18.1 Å². The van der Waals surface area contributed by atoms with E-state index in [9.17, 15) is 13.2 Å². The quantitative estimate of drug-likeness (QED) is 0.184. The molecule has 5 rings (SSSR count). The van der Waals surface area contributed by atoms with Crippen molar-refractivity contribution < 1.29 is 22.7 Å². The van der Waals surface area contributed by atoms with Crippen molar-refractivity contribution in [2.24, 2.45) is 0 Å². The monoisotopic (exact) mass is 578 g/mol. The molecule has 0 bridgehead atoms. The first-order valence-electron chi connectivity index (χ1n) is 13.3. The summed E-state index contributed by atoms with van der Waals surface area (Å²) in [6.07, 6.45) is 0. The normalized spacial score (nSPS) is 11.0.